The minimum Gasteiger partial charge on any atom is -0.497 e. The minimum atomic E-state index is -0.474. The van der Waals surface area contributed by atoms with Crippen LogP contribution in [0.15, 0.2) is 84.1 Å². The summed E-state index contributed by atoms with van der Waals surface area (Å²) in [7, 11) is 1.65. The molecule has 178 valence electrons. The topological polar surface area (TPSA) is 58.6 Å². The van der Waals surface area contributed by atoms with Gasteiger partial charge in [0.1, 0.15) is 5.75 Å². The molecule has 1 heterocycles. The predicted octanol–water partition coefficient (Wildman–Crippen LogP) is 6.31. The fourth-order valence-electron chi connectivity index (χ4n) is 5.21. The van der Waals surface area contributed by atoms with Crippen LogP contribution < -0.4 is 15.0 Å². The van der Waals surface area contributed by atoms with Crippen molar-refractivity contribution >= 4 is 23.1 Å². The number of carbonyl (C=O) groups is 2. The first-order valence-electron chi connectivity index (χ1n) is 12.1. The van der Waals surface area contributed by atoms with Gasteiger partial charge < -0.3 is 10.1 Å². The number of fused-ring (bicyclic) bond motifs is 1. The van der Waals surface area contributed by atoms with E-state index >= 15 is 0 Å². The summed E-state index contributed by atoms with van der Waals surface area (Å²) in [5.74, 6) is 0.917. The van der Waals surface area contributed by atoms with Crippen LogP contribution in [0.5, 0.6) is 5.75 Å². The second-order valence-electron chi connectivity index (χ2n) is 9.27. The predicted molar refractivity (Wildman–Crippen MR) is 139 cm³/mol. The van der Waals surface area contributed by atoms with Crippen molar-refractivity contribution in [3.05, 3.63) is 101 Å². The first-order valence-corrected chi connectivity index (χ1v) is 12.1. The van der Waals surface area contributed by atoms with Gasteiger partial charge in [-0.3, -0.25) is 14.5 Å². The SMILES string of the molecule is CCC(=O)N1c2ccccc2NC2=C(C(=O)CC(c3ccc(OC)cc3)C2)C1c1ccc(C)cc1. The maximum atomic E-state index is 13.9. The second-order valence-corrected chi connectivity index (χ2v) is 9.27. The number of methoxy groups -OCH3 is 1. The van der Waals surface area contributed by atoms with Crippen LogP contribution in [0.3, 0.4) is 0 Å². The van der Waals surface area contributed by atoms with E-state index in [1.807, 2.05) is 91.5 Å². The molecular weight excluding hydrogens is 436 g/mol. The molecule has 5 heteroatoms. The third-order valence-electron chi connectivity index (χ3n) is 7.04. The molecule has 5 rings (SSSR count). The van der Waals surface area contributed by atoms with Gasteiger partial charge in [-0.05, 0) is 54.7 Å². The highest BCUT2D eigenvalue weighted by molar-refractivity contribution is 6.06. The average molecular weight is 467 g/mol. The average Bonchev–Trinajstić information content (AvgIpc) is 3.03. The molecule has 3 aromatic rings. The molecule has 35 heavy (non-hydrogen) atoms. The molecule has 2 unspecified atom stereocenters. The number of para-hydroxylation sites is 2. The smallest absolute Gasteiger partial charge is 0.227 e. The zero-order valence-electron chi connectivity index (χ0n) is 20.4. The normalized spacial score (nSPS) is 19.4. The number of hydrogen-bond donors (Lipinski definition) is 1. The third kappa shape index (κ3) is 4.23. The van der Waals surface area contributed by atoms with Gasteiger partial charge in [-0.1, -0.05) is 61.0 Å². The Balaban J connectivity index is 1.67. The first kappa shape index (κ1) is 22.9. The number of benzene rings is 3. The van der Waals surface area contributed by atoms with Gasteiger partial charge in [-0.25, -0.2) is 0 Å². The maximum absolute atomic E-state index is 13.9. The Labute approximate surface area is 206 Å². The van der Waals surface area contributed by atoms with Crippen LogP contribution in [-0.2, 0) is 9.59 Å². The van der Waals surface area contributed by atoms with Gasteiger partial charge in [-0.2, -0.15) is 0 Å². The summed E-state index contributed by atoms with van der Waals surface area (Å²) >= 11 is 0. The van der Waals surface area contributed by atoms with Crippen LogP contribution in [0.25, 0.3) is 0 Å². The number of hydrogen-bond acceptors (Lipinski definition) is 4. The Morgan fingerprint density at radius 2 is 1.66 bits per heavy atom. The van der Waals surface area contributed by atoms with E-state index in [9.17, 15) is 9.59 Å². The molecule has 0 bridgehead atoms. The Kier molecular flexibility index (Phi) is 6.16. The summed E-state index contributed by atoms with van der Waals surface area (Å²) in [6.45, 7) is 3.91. The van der Waals surface area contributed by atoms with Crippen molar-refractivity contribution < 1.29 is 14.3 Å². The van der Waals surface area contributed by atoms with Crippen LogP contribution >= 0.6 is 0 Å². The Bertz CT molecular complexity index is 1290. The number of ketones is 1. The fraction of sp³-hybridized carbons (Fsp3) is 0.267. The van der Waals surface area contributed by atoms with Crippen molar-refractivity contribution in [2.75, 3.05) is 17.3 Å². The van der Waals surface area contributed by atoms with E-state index in [1.54, 1.807) is 7.11 Å². The molecule has 1 aliphatic heterocycles. The standard InChI is InChI=1S/C30H30N2O3/c1-4-28(34)32-26-8-6-5-7-24(26)31-25-17-22(20-13-15-23(35-3)16-14-20)18-27(33)29(25)30(32)21-11-9-19(2)10-12-21/h5-16,22,30-31H,4,17-18H2,1-3H3. The molecular formula is C30H30N2O3. The number of aryl methyl sites for hydroxylation is 1. The van der Waals surface area contributed by atoms with E-state index < -0.39 is 6.04 Å². The summed E-state index contributed by atoms with van der Waals surface area (Å²) in [6, 6.07) is 23.5. The van der Waals surface area contributed by atoms with Crippen LogP contribution in [-0.4, -0.2) is 18.8 Å². The summed E-state index contributed by atoms with van der Waals surface area (Å²) < 4.78 is 5.31. The van der Waals surface area contributed by atoms with Gasteiger partial charge in [0, 0.05) is 24.1 Å². The van der Waals surface area contributed by atoms with E-state index in [0.717, 1.165) is 39.5 Å². The van der Waals surface area contributed by atoms with Gasteiger partial charge in [0.2, 0.25) is 5.91 Å². The van der Waals surface area contributed by atoms with E-state index in [1.165, 1.54) is 0 Å². The lowest BCUT2D eigenvalue weighted by atomic mass is 9.78. The largest absolute Gasteiger partial charge is 0.497 e. The quantitative estimate of drug-likeness (QED) is 0.489. The van der Waals surface area contributed by atoms with Crippen molar-refractivity contribution in [1.82, 2.24) is 0 Å². The number of anilines is 2. The summed E-state index contributed by atoms with van der Waals surface area (Å²) in [6.07, 6.45) is 1.44. The van der Waals surface area contributed by atoms with Crippen molar-refractivity contribution in [3.63, 3.8) is 0 Å². The molecule has 2 atom stereocenters. The highest BCUT2D eigenvalue weighted by atomic mass is 16.5. The van der Waals surface area contributed by atoms with Crippen LogP contribution in [0, 0.1) is 6.92 Å². The number of rotatable bonds is 4. The molecule has 0 spiro atoms. The van der Waals surface area contributed by atoms with Gasteiger partial charge in [0.15, 0.2) is 5.78 Å². The molecule has 0 saturated heterocycles. The zero-order chi connectivity index (χ0) is 24.5. The molecule has 0 fully saturated rings. The molecule has 0 aromatic heterocycles. The summed E-state index contributed by atoms with van der Waals surface area (Å²) in [5, 5.41) is 3.57. The first-order chi connectivity index (χ1) is 17.0. The molecule has 5 nitrogen and oxygen atoms in total. The molecule has 1 aliphatic carbocycles. The third-order valence-corrected chi connectivity index (χ3v) is 7.04. The van der Waals surface area contributed by atoms with E-state index in [-0.39, 0.29) is 17.6 Å². The lowest BCUT2D eigenvalue weighted by Gasteiger charge is -2.35. The molecule has 0 radical (unpaired) electrons. The van der Waals surface area contributed by atoms with Gasteiger partial charge in [-0.15, -0.1) is 0 Å². The van der Waals surface area contributed by atoms with E-state index in [4.69, 9.17) is 4.74 Å². The second kappa shape index (κ2) is 9.41. The monoisotopic (exact) mass is 466 g/mol. The van der Waals surface area contributed by atoms with Crippen molar-refractivity contribution in [2.45, 2.75) is 45.1 Å². The highest BCUT2D eigenvalue weighted by Gasteiger charge is 2.41. The molecule has 1 amide bonds. The van der Waals surface area contributed by atoms with E-state index in [0.29, 0.717) is 24.8 Å². The zero-order valence-corrected chi connectivity index (χ0v) is 20.4. The van der Waals surface area contributed by atoms with Crippen molar-refractivity contribution in [3.8, 4) is 5.75 Å². The lowest BCUT2D eigenvalue weighted by Crippen LogP contribution is -2.38. The van der Waals surface area contributed by atoms with Crippen molar-refractivity contribution in [1.29, 1.82) is 0 Å². The number of nitrogens with zero attached hydrogens (tertiary/aromatic N) is 1. The van der Waals surface area contributed by atoms with Crippen molar-refractivity contribution in [2.24, 2.45) is 0 Å². The van der Waals surface area contributed by atoms with E-state index in [2.05, 4.69) is 5.32 Å². The van der Waals surface area contributed by atoms with Gasteiger partial charge >= 0.3 is 0 Å². The Morgan fingerprint density at radius 1 is 0.971 bits per heavy atom. The van der Waals surface area contributed by atoms with Crippen LogP contribution in [0.2, 0.25) is 0 Å². The number of ether oxygens (including phenoxy) is 1. The maximum Gasteiger partial charge on any atom is 0.227 e. The van der Waals surface area contributed by atoms with Gasteiger partial charge in [0.25, 0.3) is 0 Å². The molecule has 3 aromatic carbocycles. The number of Topliss-reactive ketones (excluding diaryl/α,β-unsaturated/α-hetero) is 1. The highest BCUT2D eigenvalue weighted by Crippen LogP contribution is 2.47. The molecule has 1 N–H and O–H groups in total. The number of carbonyl (C=O) groups excluding carboxylic acids is 2. The number of amides is 1. The van der Waals surface area contributed by atoms with Gasteiger partial charge in [0.05, 0.1) is 24.5 Å². The number of allylic oxidation sites excluding steroid dienone is 1. The van der Waals surface area contributed by atoms with Crippen LogP contribution in [0.1, 0.15) is 54.8 Å². The molecule has 0 saturated carbocycles. The lowest BCUT2D eigenvalue weighted by molar-refractivity contribution is -0.119. The minimum absolute atomic E-state index is 0.0105. The fourth-order valence-corrected chi connectivity index (χ4v) is 5.21. The Hall–Kier alpha value is -3.86. The molecule has 2 aliphatic rings. The Morgan fingerprint density at radius 3 is 2.34 bits per heavy atom. The number of nitrogens with one attached hydrogen (secondary N) is 1. The van der Waals surface area contributed by atoms with Crippen LogP contribution in [0.4, 0.5) is 11.4 Å². The summed E-state index contributed by atoms with van der Waals surface area (Å²) in [5.41, 5.74) is 6.42. The summed E-state index contributed by atoms with van der Waals surface area (Å²) in [4.78, 5) is 29.1.